The van der Waals surface area contributed by atoms with Crippen molar-refractivity contribution in [2.24, 2.45) is 0 Å². The summed E-state index contributed by atoms with van der Waals surface area (Å²) < 4.78 is 10.5. The predicted molar refractivity (Wildman–Crippen MR) is 155 cm³/mol. The third-order valence-electron chi connectivity index (χ3n) is 6.38. The molecule has 0 N–H and O–H groups in total. The fourth-order valence-electron chi connectivity index (χ4n) is 4.33. The van der Waals surface area contributed by atoms with Crippen LogP contribution in [0.15, 0.2) is 78.9 Å². The Bertz CT molecular complexity index is 1200. The first-order chi connectivity index (χ1) is 18.4. The molecule has 0 spiro atoms. The van der Waals surface area contributed by atoms with E-state index in [0.29, 0.717) is 18.1 Å². The van der Waals surface area contributed by atoms with Gasteiger partial charge >= 0.3 is 0 Å². The lowest BCUT2D eigenvalue weighted by molar-refractivity contribution is -0.155. The minimum Gasteiger partial charge on any atom is -0.497 e. The van der Waals surface area contributed by atoms with Gasteiger partial charge in [-0.25, -0.2) is 0 Å². The zero-order valence-corrected chi connectivity index (χ0v) is 23.8. The normalized spacial score (nSPS) is 17.7. The highest BCUT2D eigenvalue weighted by atomic mass is 32.2. The molecule has 1 aliphatic rings. The fourth-order valence-corrected chi connectivity index (χ4v) is 6.82. The number of piperazine rings is 1. The van der Waals surface area contributed by atoms with E-state index in [9.17, 15) is 9.59 Å². The quantitative estimate of drug-likeness (QED) is 0.301. The van der Waals surface area contributed by atoms with Gasteiger partial charge in [0.2, 0.25) is 0 Å². The Morgan fingerprint density at radius 1 is 0.684 bits per heavy atom. The van der Waals surface area contributed by atoms with Crippen LogP contribution in [-0.4, -0.2) is 52.6 Å². The Morgan fingerprint density at radius 2 is 1.18 bits per heavy atom. The molecule has 4 rings (SSSR count). The first-order valence-corrected chi connectivity index (χ1v) is 14.7. The molecule has 1 heterocycles. The standard InChI is InChI=1S/C30H34N2O4S2/c1-21(2)32-28(34)29(37-19-23-10-14-25(35-3)15-11-23)31(18-22-8-6-5-7-9-22)27(33)30(32)38-20-24-12-16-26(36-4)17-13-24/h5-17,21,29-30H,18-20H2,1-4H3. The van der Waals surface area contributed by atoms with E-state index < -0.39 is 10.7 Å². The van der Waals surface area contributed by atoms with Gasteiger partial charge in [-0.3, -0.25) is 9.59 Å². The number of thioether (sulfide) groups is 2. The molecule has 2 unspecified atom stereocenters. The van der Waals surface area contributed by atoms with E-state index in [2.05, 4.69) is 0 Å². The van der Waals surface area contributed by atoms with Crippen LogP contribution in [0.2, 0.25) is 0 Å². The van der Waals surface area contributed by atoms with Gasteiger partial charge in [0.05, 0.1) is 14.2 Å². The minimum absolute atomic E-state index is 0.0266. The van der Waals surface area contributed by atoms with Crippen molar-refractivity contribution in [1.29, 1.82) is 0 Å². The molecule has 3 aromatic rings. The van der Waals surface area contributed by atoms with Gasteiger partial charge in [-0.05, 0) is 54.8 Å². The van der Waals surface area contributed by atoms with Crippen molar-refractivity contribution in [1.82, 2.24) is 9.80 Å². The number of hydrogen-bond donors (Lipinski definition) is 0. The second-order valence-corrected chi connectivity index (χ2v) is 11.5. The number of amides is 2. The third kappa shape index (κ3) is 6.66. The molecule has 38 heavy (non-hydrogen) atoms. The Morgan fingerprint density at radius 3 is 1.66 bits per heavy atom. The van der Waals surface area contributed by atoms with E-state index >= 15 is 0 Å². The van der Waals surface area contributed by atoms with Crippen LogP contribution in [0, 0.1) is 0 Å². The van der Waals surface area contributed by atoms with Gasteiger partial charge in [-0.2, -0.15) is 0 Å². The second-order valence-electron chi connectivity index (χ2n) is 9.31. The molecule has 0 saturated carbocycles. The number of carbonyl (C=O) groups excluding carboxylic acids is 2. The Labute approximate surface area is 233 Å². The van der Waals surface area contributed by atoms with Crippen LogP contribution in [0.3, 0.4) is 0 Å². The average Bonchev–Trinajstić information content (AvgIpc) is 2.94. The zero-order chi connectivity index (χ0) is 27.1. The SMILES string of the molecule is COc1ccc(CSC2C(=O)N(C(C)C)C(SCc3ccc(OC)cc3)C(=O)N2Cc2ccccc2)cc1. The van der Waals surface area contributed by atoms with Crippen molar-refractivity contribution in [3.8, 4) is 11.5 Å². The molecule has 0 aliphatic carbocycles. The van der Waals surface area contributed by atoms with Crippen LogP contribution < -0.4 is 9.47 Å². The van der Waals surface area contributed by atoms with Gasteiger partial charge < -0.3 is 19.3 Å². The van der Waals surface area contributed by atoms with Crippen molar-refractivity contribution < 1.29 is 19.1 Å². The van der Waals surface area contributed by atoms with E-state index in [4.69, 9.17) is 9.47 Å². The van der Waals surface area contributed by atoms with Crippen LogP contribution in [0.25, 0.3) is 0 Å². The molecular formula is C30H34N2O4S2. The number of benzene rings is 3. The first kappa shape index (κ1) is 27.9. The number of hydrogen-bond acceptors (Lipinski definition) is 6. The molecule has 1 aliphatic heterocycles. The number of ether oxygens (including phenoxy) is 2. The Hall–Kier alpha value is -3.10. The van der Waals surface area contributed by atoms with Crippen LogP contribution >= 0.6 is 23.5 Å². The number of nitrogens with zero attached hydrogens (tertiary/aromatic N) is 2. The van der Waals surface area contributed by atoms with Gasteiger partial charge in [-0.1, -0.05) is 54.6 Å². The van der Waals surface area contributed by atoms with Gasteiger partial charge in [0.15, 0.2) is 10.7 Å². The summed E-state index contributed by atoms with van der Waals surface area (Å²) in [6.45, 7) is 4.34. The largest absolute Gasteiger partial charge is 0.497 e. The smallest absolute Gasteiger partial charge is 0.257 e. The summed E-state index contributed by atoms with van der Waals surface area (Å²) in [4.78, 5) is 31.6. The van der Waals surface area contributed by atoms with Crippen LogP contribution in [0.4, 0.5) is 0 Å². The first-order valence-electron chi connectivity index (χ1n) is 12.6. The number of rotatable bonds is 11. The van der Waals surface area contributed by atoms with E-state index in [1.807, 2.05) is 92.7 Å². The lowest BCUT2D eigenvalue weighted by Gasteiger charge is -2.46. The molecule has 1 fully saturated rings. The molecule has 6 nitrogen and oxygen atoms in total. The van der Waals surface area contributed by atoms with E-state index in [-0.39, 0.29) is 17.9 Å². The maximum absolute atomic E-state index is 14.1. The summed E-state index contributed by atoms with van der Waals surface area (Å²) in [6.07, 6.45) is 0. The molecule has 2 amide bonds. The summed E-state index contributed by atoms with van der Waals surface area (Å²) in [5.41, 5.74) is 3.15. The average molecular weight is 551 g/mol. The second kappa shape index (κ2) is 13.1. The van der Waals surface area contributed by atoms with Gasteiger partial charge in [-0.15, -0.1) is 23.5 Å². The maximum Gasteiger partial charge on any atom is 0.257 e. The zero-order valence-electron chi connectivity index (χ0n) is 22.2. The van der Waals surface area contributed by atoms with E-state index in [1.165, 1.54) is 23.5 Å². The van der Waals surface area contributed by atoms with Crippen molar-refractivity contribution in [2.45, 2.75) is 48.7 Å². The van der Waals surface area contributed by atoms with Crippen LogP contribution in [-0.2, 0) is 27.6 Å². The molecule has 8 heteroatoms. The van der Waals surface area contributed by atoms with Crippen LogP contribution in [0.5, 0.6) is 11.5 Å². The summed E-state index contributed by atoms with van der Waals surface area (Å²) in [5.74, 6) is 2.73. The molecule has 0 bridgehead atoms. The fraction of sp³-hybridized carbons (Fsp3) is 0.333. The lowest BCUT2D eigenvalue weighted by Crippen LogP contribution is -2.64. The molecule has 200 valence electrons. The monoisotopic (exact) mass is 550 g/mol. The Kier molecular flexibility index (Phi) is 9.63. The molecule has 3 aromatic carbocycles. The molecule has 0 radical (unpaired) electrons. The third-order valence-corrected chi connectivity index (χ3v) is 8.90. The number of methoxy groups -OCH3 is 2. The topological polar surface area (TPSA) is 59.1 Å². The summed E-state index contributed by atoms with van der Waals surface area (Å²) in [5, 5.41) is -1.20. The highest BCUT2D eigenvalue weighted by molar-refractivity contribution is 8.00. The van der Waals surface area contributed by atoms with Gasteiger partial charge in [0, 0.05) is 24.1 Å². The molecular weight excluding hydrogens is 516 g/mol. The molecule has 2 atom stereocenters. The van der Waals surface area contributed by atoms with E-state index in [0.717, 1.165) is 28.2 Å². The highest BCUT2D eigenvalue weighted by Crippen LogP contribution is 2.36. The van der Waals surface area contributed by atoms with Crippen LogP contribution in [0.1, 0.15) is 30.5 Å². The highest BCUT2D eigenvalue weighted by Gasteiger charge is 2.47. The summed E-state index contributed by atoms with van der Waals surface area (Å²) in [7, 11) is 3.28. The van der Waals surface area contributed by atoms with E-state index in [1.54, 1.807) is 24.0 Å². The minimum atomic E-state index is -0.606. The lowest BCUT2D eigenvalue weighted by atomic mass is 10.1. The summed E-state index contributed by atoms with van der Waals surface area (Å²) >= 11 is 2.99. The molecule has 0 aromatic heterocycles. The Balaban J connectivity index is 1.58. The van der Waals surface area contributed by atoms with Crippen molar-refractivity contribution >= 4 is 35.3 Å². The molecule has 1 saturated heterocycles. The van der Waals surface area contributed by atoms with Crippen molar-refractivity contribution in [3.05, 3.63) is 95.6 Å². The van der Waals surface area contributed by atoms with Gasteiger partial charge in [0.1, 0.15) is 11.5 Å². The predicted octanol–water partition coefficient (Wildman–Crippen LogP) is 5.80. The maximum atomic E-state index is 14.1. The summed E-state index contributed by atoms with van der Waals surface area (Å²) in [6, 6.07) is 25.4. The number of carbonyl (C=O) groups is 2. The van der Waals surface area contributed by atoms with Crippen molar-refractivity contribution in [3.63, 3.8) is 0 Å². The van der Waals surface area contributed by atoms with Crippen molar-refractivity contribution in [2.75, 3.05) is 14.2 Å². The van der Waals surface area contributed by atoms with Gasteiger partial charge in [0.25, 0.3) is 11.8 Å².